The second-order valence-corrected chi connectivity index (χ2v) is 3.31. The van der Waals surface area contributed by atoms with Crippen LogP contribution in [-0.2, 0) is 0 Å². The van der Waals surface area contributed by atoms with Crippen molar-refractivity contribution in [2.45, 2.75) is 25.1 Å². The molecule has 15 heavy (non-hydrogen) atoms. The molecule has 1 unspecified atom stereocenters. The molecule has 84 valence electrons. The van der Waals surface area contributed by atoms with Crippen LogP contribution in [0.5, 0.6) is 0 Å². The molecule has 0 heterocycles. The highest BCUT2D eigenvalue weighted by atomic mass is 19.4. The number of rotatable bonds is 3. The zero-order valence-electron chi connectivity index (χ0n) is 7.89. The molecule has 0 aliphatic heterocycles. The molecule has 0 fully saturated rings. The first-order valence-electron chi connectivity index (χ1n) is 4.46. The Morgan fingerprint density at radius 1 is 1.13 bits per heavy atom. The molecule has 0 saturated heterocycles. The minimum atomic E-state index is -4.20. The van der Waals surface area contributed by atoms with Crippen molar-refractivity contribution in [2.75, 3.05) is 0 Å². The lowest BCUT2D eigenvalue weighted by atomic mass is 10.0. The highest BCUT2D eigenvalue weighted by Gasteiger charge is 2.27. The smallest absolute Gasteiger partial charge is 0.324 e. The first kappa shape index (κ1) is 12.0. The first-order chi connectivity index (χ1) is 6.88. The lowest BCUT2D eigenvalue weighted by molar-refractivity contribution is -0.136. The maximum atomic E-state index is 12.5. The van der Waals surface area contributed by atoms with Crippen LogP contribution in [-0.4, -0.2) is 6.18 Å². The summed E-state index contributed by atoms with van der Waals surface area (Å²) in [6, 6.07) is 4.46. The quantitative estimate of drug-likeness (QED) is 0.779. The summed E-state index contributed by atoms with van der Waals surface area (Å²) >= 11 is 0. The van der Waals surface area contributed by atoms with Gasteiger partial charge in [0.2, 0.25) is 0 Å². The molecule has 0 aromatic heterocycles. The molecule has 0 spiro atoms. The number of benzene rings is 1. The Balaban J connectivity index is 2.54. The Morgan fingerprint density at radius 3 is 2.13 bits per heavy atom. The molecule has 0 aliphatic carbocycles. The van der Waals surface area contributed by atoms with Gasteiger partial charge in [-0.25, -0.2) is 4.39 Å². The summed E-state index contributed by atoms with van der Waals surface area (Å²) < 4.78 is 48.1. The van der Waals surface area contributed by atoms with Gasteiger partial charge in [-0.2, -0.15) is 13.2 Å². The molecule has 0 amide bonds. The number of hydrogen-bond donors (Lipinski definition) is 1. The Bertz CT molecular complexity index is 304. The Labute approximate surface area is 84.9 Å². The van der Waals surface area contributed by atoms with Crippen LogP contribution in [0.4, 0.5) is 17.6 Å². The molecule has 1 nitrogen and oxygen atoms in total. The van der Waals surface area contributed by atoms with Gasteiger partial charge in [0, 0.05) is 12.5 Å². The van der Waals surface area contributed by atoms with Crippen LogP contribution in [0.3, 0.4) is 0 Å². The van der Waals surface area contributed by atoms with Crippen LogP contribution in [0.1, 0.15) is 24.4 Å². The third kappa shape index (κ3) is 4.29. The fourth-order valence-corrected chi connectivity index (χ4v) is 1.20. The van der Waals surface area contributed by atoms with Crippen molar-refractivity contribution < 1.29 is 17.6 Å². The lowest BCUT2D eigenvalue weighted by Crippen LogP contribution is -2.15. The molecule has 2 N–H and O–H groups in total. The van der Waals surface area contributed by atoms with E-state index in [2.05, 4.69) is 0 Å². The standard InChI is InChI=1S/C10H11F4N/c11-8-3-1-7(2-4-8)9(15)5-6-10(12,13)14/h1-4,9H,5-6,15H2. The zero-order valence-corrected chi connectivity index (χ0v) is 7.89. The molecule has 1 aromatic rings. The number of hydrogen-bond acceptors (Lipinski definition) is 1. The Hall–Kier alpha value is -1.10. The minimum Gasteiger partial charge on any atom is -0.324 e. The van der Waals surface area contributed by atoms with E-state index in [9.17, 15) is 17.6 Å². The number of halogens is 4. The van der Waals surface area contributed by atoms with Crippen molar-refractivity contribution >= 4 is 0 Å². The maximum Gasteiger partial charge on any atom is 0.389 e. The molecule has 1 aromatic carbocycles. The summed E-state index contributed by atoms with van der Waals surface area (Å²) in [5.41, 5.74) is 6.04. The molecular formula is C10H11F4N. The average molecular weight is 221 g/mol. The first-order valence-corrected chi connectivity index (χ1v) is 4.46. The minimum absolute atomic E-state index is 0.185. The monoisotopic (exact) mass is 221 g/mol. The van der Waals surface area contributed by atoms with Gasteiger partial charge in [0.05, 0.1) is 0 Å². The van der Waals surface area contributed by atoms with E-state index in [0.717, 1.165) is 0 Å². The molecule has 1 atom stereocenters. The van der Waals surface area contributed by atoms with Crippen LogP contribution in [0.2, 0.25) is 0 Å². The van der Waals surface area contributed by atoms with Crippen LogP contribution >= 0.6 is 0 Å². The summed E-state index contributed by atoms with van der Waals surface area (Å²) in [5, 5.41) is 0. The molecule has 0 saturated carbocycles. The van der Waals surface area contributed by atoms with Gasteiger partial charge in [-0.1, -0.05) is 12.1 Å². The van der Waals surface area contributed by atoms with E-state index < -0.39 is 24.5 Å². The highest BCUT2D eigenvalue weighted by Crippen LogP contribution is 2.26. The van der Waals surface area contributed by atoms with Gasteiger partial charge in [0.25, 0.3) is 0 Å². The predicted molar refractivity (Wildman–Crippen MR) is 48.6 cm³/mol. The van der Waals surface area contributed by atoms with Crippen molar-refractivity contribution in [1.82, 2.24) is 0 Å². The van der Waals surface area contributed by atoms with Crippen molar-refractivity contribution in [3.63, 3.8) is 0 Å². The normalized spacial score (nSPS) is 13.9. The van der Waals surface area contributed by atoms with Crippen molar-refractivity contribution in [2.24, 2.45) is 5.73 Å². The van der Waals surface area contributed by atoms with Gasteiger partial charge >= 0.3 is 6.18 Å². The summed E-state index contributed by atoms with van der Waals surface area (Å²) in [6.07, 6.45) is -5.31. The van der Waals surface area contributed by atoms with E-state index in [1.807, 2.05) is 0 Å². The van der Waals surface area contributed by atoms with E-state index in [0.29, 0.717) is 5.56 Å². The highest BCUT2D eigenvalue weighted by molar-refractivity contribution is 5.19. The summed E-state index contributed by atoms with van der Waals surface area (Å²) in [7, 11) is 0. The van der Waals surface area contributed by atoms with Gasteiger partial charge in [-0.3, -0.25) is 0 Å². The van der Waals surface area contributed by atoms with Gasteiger partial charge < -0.3 is 5.73 Å². The molecule has 1 rings (SSSR count). The Kier molecular flexibility index (Phi) is 3.68. The van der Waals surface area contributed by atoms with E-state index in [1.165, 1.54) is 24.3 Å². The van der Waals surface area contributed by atoms with Gasteiger partial charge in [-0.05, 0) is 24.1 Å². The summed E-state index contributed by atoms with van der Waals surface area (Å²) in [6.45, 7) is 0. The third-order valence-corrected chi connectivity index (χ3v) is 2.04. The lowest BCUT2D eigenvalue weighted by Gasteiger charge is -2.13. The molecule has 0 bridgehead atoms. The van der Waals surface area contributed by atoms with Gasteiger partial charge in [0.15, 0.2) is 0 Å². The number of alkyl halides is 3. The maximum absolute atomic E-state index is 12.5. The molecule has 0 radical (unpaired) electrons. The topological polar surface area (TPSA) is 26.0 Å². The number of nitrogens with two attached hydrogens (primary N) is 1. The summed E-state index contributed by atoms with van der Waals surface area (Å²) in [5.74, 6) is -0.429. The van der Waals surface area contributed by atoms with Crippen LogP contribution in [0, 0.1) is 5.82 Å². The van der Waals surface area contributed by atoms with Crippen molar-refractivity contribution in [1.29, 1.82) is 0 Å². The zero-order chi connectivity index (χ0) is 11.5. The van der Waals surface area contributed by atoms with Crippen LogP contribution in [0.15, 0.2) is 24.3 Å². The van der Waals surface area contributed by atoms with Crippen molar-refractivity contribution in [3.05, 3.63) is 35.6 Å². The van der Waals surface area contributed by atoms with Gasteiger partial charge in [-0.15, -0.1) is 0 Å². The molecular weight excluding hydrogens is 210 g/mol. The fourth-order valence-electron chi connectivity index (χ4n) is 1.20. The third-order valence-electron chi connectivity index (χ3n) is 2.04. The van der Waals surface area contributed by atoms with E-state index in [1.54, 1.807) is 0 Å². The van der Waals surface area contributed by atoms with E-state index in [-0.39, 0.29) is 6.42 Å². The van der Waals surface area contributed by atoms with Gasteiger partial charge in [0.1, 0.15) is 5.82 Å². The largest absolute Gasteiger partial charge is 0.389 e. The molecule has 0 aliphatic rings. The Morgan fingerprint density at radius 2 is 1.67 bits per heavy atom. The van der Waals surface area contributed by atoms with Crippen LogP contribution in [0.25, 0.3) is 0 Å². The second kappa shape index (κ2) is 4.61. The average Bonchev–Trinajstić information content (AvgIpc) is 2.14. The van der Waals surface area contributed by atoms with Crippen LogP contribution < -0.4 is 5.73 Å². The van der Waals surface area contributed by atoms with E-state index in [4.69, 9.17) is 5.73 Å². The molecule has 5 heteroatoms. The van der Waals surface area contributed by atoms with Crippen molar-refractivity contribution in [3.8, 4) is 0 Å². The fraction of sp³-hybridized carbons (Fsp3) is 0.400. The van der Waals surface area contributed by atoms with E-state index >= 15 is 0 Å². The SMILES string of the molecule is NC(CCC(F)(F)F)c1ccc(F)cc1. The second-order valence-electron chi connectivity index (χ2n) is 3.31. The summed E-state index contributed by atoms with van der Waals surface area (Å²) in [4.78, 5) is 0. The predicted octanol–water partition coefficient (Wildman–Crippen LogP) is 3.17.